The molecule has 160 valence electrons. The maximum absolute atomic E-state index is 11.9. The Kier molecular flexibility index (Phi) is 7.10. The number of guanidine groups is 1. The van der Waals surface area contributed by atoms with Gasteiger partial charge in [0.15, 0.2) is 15.8 Å². The number of hydrogen-bond donors (Lipinski definition) is 2. The first-order chi connectivity index (χ1) is 14.4. The highest BCUT2D eigenvalue weighted by atomic mass is 32.2. The van der Waals surface area contributed by atoms with Gasteiger partial charge >= 0.3 is 0 Å². The number of benzene rings is 2. The highest BCUT2D eigenvalue weighted by Gasteiger charge is 2.21. The fourth-order valence-electron chi connectivity index (χ4n) is 3.25. The molecule has 1 aliphatic heterocycles. The minimum absolute atomic E-state index is 0.184. The van der Waals surface area contributed by atoms with E-state index in [4.69, 9.17) is 0 Å². The van der Waals surface area contributed by atoms with E-state index in [9.17, 15) is 13.2 Å². The Morgan fingerprint density at radius 1 is 1.03 bits per heavy atom. The van der Waals surface area contributed by atoms with Gasteiger partial charge in [-0.05, 0) is 48.7 Å². The molecular weight excluding hydrogens is 400 g/mol. The molecule has 0 atom stereocenters. The van der Waals surface area contributed by atoms with Crippen molar-refractivity contribution in [1.82, 2.24) is 10.6 Å². The van der Waals surface area contributed by atoms with E-state index in [1.54, 1.807) is 24.3 Å². The summed E-state index contributed by atoms with van der Waals surface area (Å²) in [5.74, 6) is 0.868. The van der Waals surface area contributed by atoms with E-state index in [1.807, 2.05) is 36.1 Å². The molecule has 2 aromatic carbocycles. The average Bonchev–Trinajstić information content (AvgIpc) is 3.16. The smallest absolute Gasteiger partial charge is 0.227 e. The standard InChI is InChI=1S/C22H28N4O3S/c1-3-23-22(25-16-18-8-12-20(13-9-18)30(2,28)29)24-15-17-6-10-19(11-7-17)26-14-4-5-21(26)27/h6-13H,3-5,14-16H2,1-2H3,(H2,23,24,25). The van der Waals surface area contributed by atoms with Crippen molar-refractivity contribution in [2.24, 2.45) is 4.99 Å². The van der Waals surface area contributed by atoms with Crippen LogP contribution >= 0.6 is 0 Å². The summed E-state index contributed by atoms with van der Waals surface area (Å²) in [6, 6.07) is 14.8. The van der Waals surface area contributed by atoms with Crippen molar-refractivity contribution in [2.75, 3.05) is 24.2 Å². The number of carbonyl (C=O) groups excluding carboxylic acids is 1. The molecule has 1 heterocycles. The molecule has 1 saturated heterocycles. The second-order valence-electron chi connectivity index (χ2n) is 7.28. The summed E-state index contributed by atoms with van der Waals surface area (Å²) in [6.07, 6.45) is 2.74. The normalized spacial score (nSPS) is 14.8. The minimum Gasteiger partial charge on any atom is -0.357 e. The fraction of sp³-hybridized carbons (Fsp3) is 0.364. The SMILES string of the molecule is CCNC(=NCc1ccc(N2CCCC2=O)cc1)NCc1ccc(S(C)(=O)=O)cc1. The molecule has 2 aromatic rings. The molecule has 0 spiro atoms. The number of carbonyl (C=O) groups is 1. The highest BCUT2D eigenvalue weighted by Crippen LogP contribution is 2.21. The van der Waals surface area contributed by atoms with Crippen molar-refractivity contribution >= 4 is 27.4 Å². The van der Waals surface area contributed by atoms with Crippen LogP contribution in [0, 0.1) is 0 Å². The first-order valence-electron chi connectivity index (χ1n) is 10.1. The number of hydrogen-bond acceptors (Lipinski definition) is 4. The van der Waals surface area contributed by atoms with E-state index in [0.29, 0.717) is 30.4 Å². The summed E-state index contributed by atoms with van der Waals surface area (Å²) >= 11 is 0. The van der Waals surface area contributed by atoms with Crippen LogP contribution in [0.1, 0.15) is 30.9 Å². The molecule has 30 heavy (non-hydrogen) atoms. The summed E-state index contributed by atoms with van der Waals surface area (Å²) in [4.78, 5) is 18.6. The van der Waals surface area contributed by atoms with E-state index in [-0.39, 0.29) is 5.91 Å². The molecule has 0 saturated carbocycles. The fourth-order valence-corrected chi connectivity index (χ4v) is 3.89. The number of nitrogens with one attached hydrogen (secondary N) is 2. The molecule has 7 nitrogen and oxygen atoms in total. The zero-order valence-electron chi connectivity index (χ0n) is 17.4. The zero-order chi connectivity index (χ0) is 21.6. The van der Waals surface area contributed by atoms with Crippen LogP contribution < -0.4 is 15.5 Å². The van der Waals surface area contributed by atoms with Crippen molar-refractivity contribution in [3.05, 3.63) is 59.7 Å². The summed E-state index contributed by atoms with van der Waals surface area (Å²) in [5, 5.41) is 6.47. The van der Waals surface area contributed by atoms with Crippen LogP contribution in [0.4, 0.5) is 5.69 Å². The summed E-state index contributed by atoms with van der Waals surface area (Å²) in [6.45, 7) is 4.56. The molecule has 2 N–H and O–H groups in total. The minimum atomic E-state index is -3.19. The number of rotatable bonds is 7. The summed E-state index contributed by atoms with van der Waals surface area (Å²) in [7, 11) is -3.19. The molecule has 0 radical (unpaired) electrons. The molecule has 0 bridgehead atoms. The van der Waals surface area contributed by atoms with Gasteiger partial charge in [-0.25, -0.2) is 13.4 Å². The van der Waals surface area contributed by atoms with E-state index in [0.717, 1.165) is 36.3 Å². The number of amides is 1. The largest absolute Gasteiger partial charge is 0.357 e. The highest BCUT2D eigenvalue weighted by molar-refractivity contribution is 7.90. The monoisotopic (exact) mass is 428 g/mol. The van der Waals surface area contributed by atoms with Crippen LogP contribution in [-0.2, 0) is 27.7 Å². The number of sulfone groups is 1. The molecule has 3 rings (SSSR count). The number of nitrogens with zero attached hydrogens (tertiary/aromatic N) is 2. The molecule has 1 aliphatic rings. The summed E-state index contributed by atoms with van der Waals surface area (Å²) < 4.78 is 23.1. The van der Waals surface area contributed by atoms with E-state index < -0.39 is 9.84 Å². The lowest BCUT2D eigenvalue weighted by atomic mass is 10.2. The Morgan fingerprint density at radius 3 is 2.27 bits per heavy atom. The predicted molar refractivity (Wildman–Crippen MR) is 119 cm³/mol. The average molecular weight is 429 g/mol. The lowest BCUT2D eigenvalue weighted by Crippen LogP contribution is -2.36. The third kappa shape index (κ3) is 5.82. The Hall–Kier alpha value is -2.87. The van der Waals surface area contributed by atoms with E-state index in [2.05, 4.69) is 15.6 Å². The lowest BCUT2D eigenvalue weighted by molar-refractivity contribution is -0.117. The van der Waals surface area contributed by atoms with Crippen molar-refractivity contribution < 1.29 is 13.2 Å². The van der Waals surface area contributed by atoms with Crippen molar-refractivity contribution in [2.45, 2.75) is 37.8 Å². The topological polar surface area (TPSA) is 90.9 Å². The second kappa shape index (κ2) is 9.75. The van der Waals surface area contributed by atoms with Crippen LogP contribution in [0.25, 0.3) is 0 Å². The van der Waals surface area contributed by atoms with Gasteiger partial charge in [0.2, 0.25) is 5.91 Å². The van der Waals surface area contributed by atoms with Gasteiger partial charge in [0, 0.05) is 38.0 Å². The van der Waals surface area contributed by atoms with Gasteiger partial charge in [0.25, 0.3) is 0 Å². The second-order valence-corrected chi connectivity index (χ2v) is 9.30. The van der Waals surface area contributed by atoms with Crippen molar-refractivity contribution in [1.29, 1.82) is 0 Å². The molecule has 0 unspecified atom stereocenters. The van der Waals surface area contributed by atoms with Gasteiger partial charge in [0.1, 0.15) is 0 Å². The Labute approximate surface area is 178 Å². The summed E-state index contributed by atoms with van der Waals surface area (Å²) in [5.41, 5.74) is 2.96. The van der Waals surface area contributed by atoms with Gasteiger partial charge in [-0.15, -0.1) is 0 Å². The molecule has 8 heteroatoms. The van der Waals surface area contributed by atoms with Gasteiger partial charge in [-0.3, -0.25) is 4.79 Å². The van der Waals surface area contributed by atoms with Crippen molar-refractivity contribution in [3.8, 4) is 0 Å². The quantitative estimate of drug-likeness (QED) is 0.522. The van der Waals surface area contributed by atoms with Gasteiger partial charge in [-0.1, -0.05) is 24.3 Å². The van der Waals surface area contributed by atoms with Crippen LogP contribution in [0.5, 0.6) is 0 Å². The van der Waals surface area contributed by atoms with Crippen molar-refractivity contribution in [3.63, 3.8) is 0 Å². The maximum atomic E-state index is 11.9. The van der Waals surface area contributed by atoms with Crippen LogP contribution in [-0.4, -0.2) is 39.6 Å². The van der Waals surface area contributed by atoms with Crippen LogP contribution in [0.3, 0.4) is 0 Å². The zero-order valence-corrected chi connectivity index (χ0v) is 18.2. The predicted octanol–water partition coefficient (Wildman–Crippen LogP) is 2.47. The lowest BCUT2D eigenvalue weighted by Gasteiger charge is -2.16. The van der Waals surface area contributed by atoms with Gasteiger partial charge in [0.05, 0.1) is 11.4 Å². The first-order valence-corrected chi connectivity index (χ1v) is 12.0. The van der Waals surface area contributed by atoms with Gasteiger partial charge < -0.3 is 15.5 Å². The Morgan fingerprint density at radius 2 is 1.70 bits per heavy atom. The molecule has 1 fully saturated rings. The van der Waals surface area contributed by atoms with Gasteiger partial charge in [-0.2, -0.15) is 0 Å². The third-order valence-electron chi connectivity index (χ3n) is 4.90. The Bertz CT molecular complexity index is 1000. The van der Waals surface area contributed by atoms with Crippen LogP contribution in [0.15, 0.2) is 58.4 Å². The molecule has 0 aromatic heterocycles. The van der Waals surface area contributed by atoms with E-state index in [1.165, 1.54) is 6.26 Å². The molecule has 0 aliphatic carbocycles. The third-order valence-corrected chi connectivity index (χ3v) is 6.03. The number of aliphatic imine (C=N–C) groups is 1. The van der Waals surface area contributed by atoms with Crippen LogP contribution in [0.2, 0.25) is 0 Å². The Balaban J connectivity index is 1.59. The number of anilines is 1. The first kappa shape index (κ1) is 21.8. The van der Waals surface area contributed by atoms with E-state index >= 15 is 0 Å². The molecular formula is C22H28N4O3S. The maximum Gasteiger partial charge on any atom is 0.227 e. The molecule has 1 amide bonds.